The second kappa shape index (κ2) is 21.1. The number of rotatable bonds is 9. The third-order valence-electron chi connectivity index (χ3n) is 12.0. The Balaban J connectivity index is 0.000000167. The van der Waals surface area contributed by atoms with Crippen molar-refractivity contribution < 1.29 is 43.2 Å². The summed E-state index contributed by atoms with van der Waals surface area (Å²) in [5.41, 5.74) is 9.34. The maximum absolute atomic E-state index is 15.0. The summed E-state index contributed by atoms with van der Waals surface area (Å²) in [5.74, 6) is -2.66. The summed E-state index contributed by atoms with van der Waals surface area (Å²) in [7, 11) is 3.56. The molecule has 23 heteroatoms. The molecule has 0 radical (unpaired) electrons. The Hall–Kier alpha value is -7.70. The molecule has 2 fully saturated rings. The van der Waals surface area contributed by atoms with Crippen LogP contribution >= 0.6 is 0 Å². The van der Waals surface area contributed by atoms with Crippen molar-refractivity contribution in [2.45, 2.75) is 64.1 Å². The number of hydrogen-bond donors (Lipinski definition) is 5. The smallest absolute Gasteiger partial charge is 0.341 e. The van der Waals surface area contributed by atoms with Crippen molar-refractivity contribution in [1.29, 1.82) is 0 Å². The van der Waals surface area contributed by atoms with Gasteiger partial charge in [-0.3, -0.25) is 32.1 Å². The van der Waals surface area contributed by atoms with Crippen LogP contribution < -0.4 is 22.4 Å². The van der Waals surface area contributed by atoms with Gasteiger partial charge < -0.3 is 35.8 Å². The van der Waals surface area contributed by atoms with Crippen LogP contribution in [-0.2, 0) is 36.7 Å². The number of nitrogens with two attached hydrogens (primary N) is 1. The molecular weight excluding hydrogens is 927 g/mol. The summed E-state index contributed by atoms with van der Waals surface area (Å²) in [4.78, 5) is 59.0. The summed E-state index contributed by atoms with van der Waals surface area (Å²) in [6.45, 7) is 4.86. The quantitative estimate of drug-likeness (QED) is 0.139. The van der Waals surface area contributed by atoms with Crippen LogP contribution in [0.2, 0.25) is 0 Å². The van der Waals surface area contributed by atoms with Crippen molar-refractivity contribution >= 4 is 23.2 Å². The highest BCUT2D eigenvalue weighted by Gasteiger charge is 2.28. The topological polar surface area (TPSA) is 266 Å². The van der Waals surface area contributed by atoms with Crippen molar-refractivity contribution in [3.05, 3.63) is 152 Å². The van der Waals surface area contributed by atoms with E-state index in [1.54, 1.807) is 86.4 Å². The first-order valence-electron chi connectivity index (χ1n) is 22.5. The van der Waals surface area contributed by atoms with Crippen LogP contribution in [0.15, 0.2) is 95.6 Å². The number of aryl methyl sites for hydroxylation is 4. The van der Waals surface area contributed by atoms with Crippen LogP contribution in [0.5, 0.6) is 0 Å². The van der Waals surface area contributed by atoms with Crippen LogP contribution in [-0.4, -0.2) is 125 Å². The number of carboxylic acid groups (broad SMARTS) is 1. The van der Waals surface area contributed by atoms with Gasteiger partial charge in [0, 0.05) is 92.8 Å². The van der Waals surface area contributed by atoms with Crippen LogP contribution in [0.1, 0.15) is 56.1 Å². The number of nitrogens with zero attached hydrogens (tertiary/aromatic N) is 10. The van der Waals surface area contributed by atoms with E-state index >= 15 is 4.39 Å². The number of benzene rings is 2. The van der Waals surface area contributed by atoms with E-state index in [2.05, 4.69) is 25.5 Å². The number of carbonyl (C=O) groups excluding carboxylic acids is 1. The van der Waals surface area contributed by atoms with E-state index in [0.29, 0.717) is 54.3 Å². The largest absolute Gasteiger partial charge is 0.478 e. The van der Waals surface area contributed by atoms with Gasteiger partial charge in [0.1, 0.15) is 17.2 Å². The minimum absolute atomic E-state index is 0.0660. The van der Waals surface area contributed by atoms with Crippen molar-refractivity contribution in [2.75, 3.05) is 26.4 Å². The first-order valence-corrected chi connectivity index (χ1v) is 22.5. The number of carboxylic acids is 1. The number of ether oxygens (including phenoxy) is 2. The van der Waals surface area contributed by atoms with E-state index in [-0.39, 0.29) is 53.7 Å². The Kier molecular flexibility index (Phi) is 14.8. The zero-order chi connectivity index (χ0) is 50.7. The van der Waals surface area contributed by atoms with Crippen molar-refractivity contribution in [1.82, 2.24) is 52.8 Å². The Labute approximate surface area is 403 Å². The second-order valence-corrected chi connectivity index (χ2v) is 17.4. The molecule has 372 valence electrons. The highest BCUT2D eigenvalue weighted by molar-refractivity contribution is 5.99. The SMILES string of the molecule is Cc1cn2c(=O)n(Cc3ccc(-c4cnn(C)c4)cc3F)cc(C(=O)N[C@H]3CCOC[C@@H]3O)c2n1.Cc1cn2c(=O)n(Cc3ccc(-c4cnn(C)c4)cc3F)cc(C(=O)O)c2n1.N[C@H]1CCOC[C@@H]1O. The number of nitrogens with one attached hydrogen (secondary N) is 1. The molecule has 0 saturated carbocycles. The Morgan fingerprint density at radius 2 is 1.18 bits per heavy atom. The molecule has 21 nitrogen and oxygen atoms in total. The molecule has 0 unspecified atom stereocenters. The number of hydrogen-bond acceptors (Lipinski definition) is 13. The van der Waals surface area contributed by atoms with Gasteiger partial charge in [0.2, 0.25) is 0 Å². The van der Waals surface area contributed by atoms with E-state index in [0.717, 1.165) is 17.5 Å². The second-order valence-electron chi connectivity index (χ2n) is 17.4. The molecule has 10 rings (SSSR count). The predicted octanol–water partition coefficient (Wildman–Crippen LogP) is 2.46. The zero-order valence-electron chi connectivity index (χ0n) is 39.1. The molecule has 1 amide bonds. The Morgan fingerprint density at radius 1 is 0.704 bits per heavy atom. The molecule has 8 aromatic rings. The maximum Gasteiger partial charge on any atom is 0.341 e. The van der Waals surface area contributed by atoms with Crippen molar-refractivity contribution in [3.8, 4) is 22.3 Å². The predicted molar refractivity (Wildman–Crippen MR) is 253 cm³/mol. The third-order valence-corrected chi connectivity index (χ3v) is 12.0. The summed E-state index contributed by atoms with van der Waals surface area (Å²) in [5, 5.41) is 39.5. The Morgan fingerprint density at radius 3 is 1.61 bits per heavy atom. The lowest BCUT2D eigenvalue weighted by Crippen LogP contribution is -2.49. The number of imidazole rings is 2. The van der Waals surface area contributed by atoms with Crippen LogP contribution in [0.3, 0.4) is 0 Å². The van der Waals surface area contributed by atoms with Crippen molar-refractivity contribution in [2.24, 2.45) is 19.8 Å². The summed E-state index contributed by atoms with van der Waals surface area (Å²) >= 11 is 0. The van der Waals surface area contributed by atoms with E-state index in [1.807, 2.05) is 0 Å². The lowest BCUT2D eigenvalue weighted by molar-refractivity contribution is -0.0260. The zero-order valence-corrected chi connectivity index (χ0v) is 39.1. The monoisotopic (exact) mass is 978 g/mol. The summed E-state index contributed by atoms with van der Waals surface area (Å²) in [6.07, 6.45) is 12.4. The number of aromatic nitrogens is 10. The van der Waals surface area contributed by atoms with Gasteiger partial charge in [-0.2, -0.15) is 10.2 Å². The first kappa shape index (κ1) is 49.7. The normalized spacial score (nSPS) is 17.9. The molecule has 2 aliphatic heterocycles. The number of carbonyl (C=O) groups is 2. The van der Waals surface area contributed by atoms with Crippen LogP contribution in [0.4, 0.5) is 8.78 Å². The molecular formula is C48H52F2N12O9. The number of amides is 1. The fraction of sp³-hybridized carbons (Fsp3) is 0.333. The first-order chi connectivity index (χ1) is 33.9. The minimum Gasteiger partial charge on any atom is -0.478 e. The molecule has 71 heavy (non-hydrogen) atoms. The molecule has 0 spiro atoms. The standard InChI is InChI=1S/C24H25FN6O4.C19H16FN5O3.C5H11NO2/c1-14-9-31-22(27-14)18(23(33)28-20-5-6-35-13-21(20)32)12-30(24(31)34)11-16-4-3-15(7-19(16)25)17-8-26-29(2)10-17;1-11-7-25-17(22-11)15(18(26)27)10-24(19(25)28)9-13-4-3-12(5-16(13)20)14-6-21-23(2)8-14;6-4-1-2-8-3-5(4)7/h3-4,7-10,12,20-21,32H,5-6,11,13H2,1-2H3,(H,28,33);3-8,10H,9H2,1-2H3,(H,26,27);4-5,7H,1-3,6H2/t20-,21-;;4-,5-/m0.0/s1. The highest BCUT2D eigenvalue weighted by atomic mass is 19.1. The van der Waals surface area contributed by atoms with Crippen LogP contribution in [0.25, 0.3) is 33.5 Å². The molecule has 2 aliphatic rings. The number of aliphatic hydroxyl groups is 2. The fourth-order valence-corrected chi connectivity index (χ4v) is 8.11. The summed E-state index contributed by atoms with van der Waals surface area (Å²) < 4.78 is 48.0. The Bertz CT molecular complexity index is 3360. The molecule has 6 aromatic heterocycles. The van der Waals surface area contributed by atoms with Gasteiger partial charge in [-0.1, -0.05) is 24.3 Å². The molecule has 2 saturated heterocycles. The van der Waals surface area contributed by atoms with E-state index in [1.165, 1.54) is 54.9 Å². The number of halogens is 2. The lowest BCUT2D eigenvalue weighted by Gasteiger charge is -2.28. The van der Waals surface area contributed by atoms with Gasteiger partial charge in [-0.25, -0.2) is 33.1 Å². The van der Waals surface area contributed by atoms with Gasteiger partial charge in [0.25, 0.3) is 5.91 Å². The van der Waals surface area contributed by atoms with Crippen molar-refractivity contribution in [3.63, 3.8) is 0 Å². The molecule has 0 aliphatic carbocycles. The average molecular weight is 979 g/mol. The fourth-order valence-electron chi connectivity index (χ4n) is 8.11. The molecule has 6 N–H and O–H groups in total. The molecule has 0 bridgehead atoms. The van der Waals surface area contributed by atoms with Gasteiger partial charge >= 0.3 is 17.3 Å². The minimum atomic E-state index is -1.21. The van der Waals surface area contributed by atoms with Gasteiger partial charge in [0.15, 0.2) is 11.3 Å². The highest BCUT2D eigenvalue weighted by Crippen LogP contribution is 2.24. The average Bonchev–Trinajstić information content (AvgIpc) is 4.16. The summed E-state index contributed by atoms with van der Waals surface area (Å²) in [6, 6.07) is 8.92. The molecule has 8 heterocycles. The number of aliphatic hydroxyl groups excluding tert-OH is 2. The maximum atomic E-state index is 15.0. The van der Waals surface area contributed by atoms with E-state index < -0.39 is 53.1 Å². The van der Waals surface area contributed by atoms with Gasteiger partial charge in [-0.15, -0.1) is 0 Å². The molecule has 2 aromatic carbocycles. The van der Waals surface area contributed by atoms with E-state index in [4.69, 9.17) is 20.3 Å². The van der Waals surface area contributed by atoms with Gasteiger partial charge in [0.05, 0.1) is 73.9 Å². The number of aromatic carboxylic acids is 1. The lowest BCUT2D eigenvalue weighted by atomic mass is 10.1. The molecule has 4 atom stereocenters. The van der Waals surface area contributed by atoms with E-state index in [9.17, 15) is 33.8 Å². The van der Waals surface area contributed by atoms with Crippen LogP contribution in [0, 0.1) is 25.5 Å². The number of fused-ring (bicyclic) bond motifs is 2. The third kappa shape index (κ3) is 11.2. The van der Waals surface area contributed by atoms with Gasteiger partial charge in [-0.05, 0) is 49.9 Å².